The van der Waals surface area contributed by atoms with Crippen LogP contribution in [-0.4, -0.2) is 18.5 Å². The van der Waals surface area contributed by atoms with E-state index in [9.17, 15) is 4.79 Å². The van der Waals surface area contributed by atoms with Gasteiger partial charge in [0.25, 0.3) is 0 Å². The molecule has 1 aromatic carbocycles. The summed E-state index contributed by atoms with van der Waals surface area (Å²) < 4.78 is 5.86. The third-order valence-corrected chi connectivity index (χ3v) is 3.98. The van der Waals surface area contributed by atoms with Gasteiger partial charge in [-0.1, -0.05) is 36.4 Å². The fourth-order valence-corrected chi connectivity index (χ4v) is 3.14. The van der Waals surface area contributed by atoms with Gasteiger partial charge < -0.3 is 4.74 Å². The lowest BCUT2D eigenvalue weighted by Crippen LogP contribution is -2.09. The van der Waals surface area contributed by atoms with Crippen LogP contribution >= 0.6 is 0 Å². The molecule has 0 radical (unpaired) electrons. The van der Waals surface area contributed by atoms with Gasteiger partial charge in [0.1, 0.15) is 0 Å². The van der Waals surface area contributed by atoms with E-state index in [0.717, 1.165) is 24.0 Å². The van der Waals surface area contributed by atoms with Crippen molar-refractivity contribution in [1.82, 2.24) is 0 Å². The van der Waals surface area contributed by atoms with Gasteiger partial charge in [-0.05, 0) is 24.0 Å². The Balaban J connectivity index is 2.00. The number of carbonyl (C=O) groups excluding carboxylic acids is 1. The summed E-state index contributed by atoms with van der Waals surface area (Å²) in [5.74, 6) is 0.579. The summed E-state index contributed by atoms with van der Waals surface area (Å²) in [6, 6.07) is 9.99. The molecular formula is C17H18O2. The second kappa shape index (κ2) is 5.14. The minimum Gasteiger partial charge on any atom is -0.373 e. The van der Waals surface area contributed by atoms with Crippen LogP contribution < -0.4 is 0 Å². The molecule has 98 valence electrons. The van der Waals surface area contributed by atoms with Crippen LogP contribution in [0.5, 0.6) is 0 Å². The second-order valence-corrected chi connectivity index (χ2v) is 5.21. The first kappa shape index (κ1) is 12.4. The average molecular weight is 254 g/mol. The van der Waals surface area contributed by atoms with Crippen LogP contribution in [0.25, 0.3) is 5.57 Å². The van der Waals surface area contributed by atoms with E-state index in [1.54, 1.807) is 0 Å². The van der Waals surface area contributed by atoms with Gasteiger partial charge in [0.05, 0.1) is 12.7 Å². The van der Waals surface area contributed by atoms with E-state index in [4.69, 9.17) is 4.74 Å². The maximum Gasteiger partial charge on any atom is 0.164 e. The number of fused-ring (bicyclic) bond motifs is 1. The normalized spacial score (nSPS) is 25.8. The van der Waals surface area contributed by atoms with E-state index in [1.165, 1.54) is 5.57 Å². The SMILES string of the molecule is C=CCC[C@H]1OC[C@@H]2CC(=O)C(c3ccccc3)=C21. The highest BCUT2D eigenvalue weighted by atomic mass is 16.5. The van der Waals surface area contributed by atoms with Crippen molar-refractivity contribution >= 4 is 11.4 Å². The van der Waals surface area contributed by atoms with Crippen LogP contribution in [0.4, 0.5) is 0 Å². The molecule has 1 saturated heterocycles. The summed E-state index contributed by atoms with van der Waals surface area (Å²) >= 11 is 0. The van der Waals surface area contributed by atoms with Crippen molar-refractivity contribution in [3.8, 4) is 0 Å². The molecule has 1 heterocycles. The fourth-order valence-electron chi connectivity index (χ4n) is 3.14. The van der Waals surface area contributed by atoms with Crippen molar-refractivity contribution in [3.05, 3.63) is 54.1 Å². The summed E-state index contributed by atoms with van der Waals surface area (Å²) in [5.41, 5.74) is 3.19. The molecule has 0 unspecified atom stereocenters. The largest absolute Gasteiger partial charge is 0.373 e. The smallest absolute Gasteiger partial charge is 0.164 e. The zero-order valence-electron chi connectivity index (χ0n) is 11.0. The molecule has 2 nitrogen and oxygen atoms in total. The zero-order chi connectivity index (χ0) is 13.2. The molecular weight excluding hydrogens is 236 g/mol. The Morgan fingerprint density at radius 1 is 1.32 bits per heavy atom. The van der Waals surface area contributed by atoms with E-state index in [2.05, 4.69) is 6.58 Å². The highest BCUT2D eigenvalue weighted by Crippen LogP contribution is 2.43. The Morgan fingerprint density at radius 2 is 2.11 bits per heavy atom. The molecule has 19 heavy (non-hydrogen) atoms. The van der Waals surface area contributed by atoms with Crippen molar-refractivity contribution in [3.63, 3.8) is 0 Å². The summed E-state index contributed by atoms with van der Waals surface area (Å²) in [7, 11) is 0. The third kappa shape index (κ3) is 2.17. The second-order valence-electron chi connectivity index (χ2n) is 5.21. The first-order chi connectivity index (χ1) is 9.31. The lowest BCUT2D eigenvalue weighted by Gasteiger charge is -2.13. The van der Waals surface area contributed by atoms with E-state index in [-0.39, 0.29) is 11.9 Å². The molecule has 3 rings (SSSR count). The number of benzene rings is 1. The van der Waals surface area contributed by atoms with Crippen molar-refractivity contribution in [2.75, 3.05) is 6.61 Å². The van der Waals surface area contributed by atoms with Crippen LogP contribution in [0, 0.1) is 5.92 Å². The molecule has 1 aliphatic heterocycles. The van der Waals surface area contributed by atoms with Gasteiger partial charge in [-0.15, -0.1) is 6.58 Å². The van der Waals surface area contributed by atoms with Crippen molar-refractivity contribution in [2.45, 2.75) is 25.4 Å². The Bertz CT molecular complexity index is 527. The van der Waals surface area contributed by atoms with Crippen LogP contribution in [0.3, 0.4) is 0 Å². The van der Waals surface area contributed by atoms with Crippen molar-refractivity contribution < 1.29 is 9.53 Å². The molecule has 2 atom stereocenters. The highest BCUT2D eigenvalue weighted by molar-refractivity contribution is 6.24. The molecule has 2 heteroatoms. The summed E-state index contributed by atoms with van der Waals surface area (Å²) in [4.78, 5) is 12.3. The van der Waals surface area contributed by atoms with Crippen LogP contribution in [0.15, 0.2) is 48.6 Å². The molecule has 0 amide bonds. The quantitative estimate of drug-likeness (QED) is 0.770. The summed E-state index contributed by atoms with van der Waals surface area (Å²) in [6.45, 7) is 4.45. The monoisotopic (exact) mass is 254 g/mol. The van der Waals surface area contributed by atoms with Gasteiger partial charge in [0.2, 0.25) is 0 Å². The van der Waals surface area contributed by atoms with Crippen LogP contribution in [-0.2, 0) is 9.53 Å². The van der Waals surface area contributed by atoms with Gasteiger partial charge in [-0.2, -0.15) is 0 Å². The van der Waals surface area contributed by atoms with Gasteiger partial charge >= 0.3 is 0 Å². The molecule has 0 saturated carbocycles. The standard InChI is InChI=1S/C17H18O2/c1-2-3-9-15-17-13(11-19-15)10-14(18)16(17)12-7-5-4-6-8-12/h2,4-8,13,15H,1,3,9-11H2/t13-,15+/m0/s1. The number of ketones is 1. The number of Topliss-reactive ketones (excluding diaryl/α,β-unsaturated/α-hetero) is 1. The number of allylic oxidation sites excluding steroid dienone is 2. The molecule has 0 N–H and O–H groups in total. The number of hydrogen-bond donors (Lipinski definition) is 0. The lowest BCUT2D eigenvalue weighted by molar-refractivity contribution is -0.113. The minimum atomic E-state index is 0.102. The zero-order valence-corrected chi connectivity index (χ0v) is 11.0. The predicted molar refractivity (Wildman–Crippen MR) is 75.6 cm³/mol. The Morgan fingerprint density at radius 3 is 2.84 bits per heavy atom. The minimum absolute atomic E-state index is 0.102. The first-order valence-corrected chi connectivity index (χ1v) is 6.86. The molecule has 1 aliphatic carbocycles. The van der Waals surface area contributed by atoms with E-state index in [0.29, 0.717) is 18.9 Å². The Kier molecular flexibility index (Phi) is 3.34. The third-order valence-electron chi connectivity index (χ3n) is 3.98. The molecule has 1 aromatic rings. The maximum absolute atomic E-state index is 12.3. The van der Waals surface area contributed by atoms with E-state index >= 15 is 0 Å². The molecule has 0 bridgehead atoms. The summed E-state index contributed by atoms with van der Waals surface area (Å²) in [6.07, 6.45) is 4.49. The summed E-state index contributed by atoms with van der Waals surface area (Å²) in [5, 5.41) is 0. The Hall–Kier alpha value is -1.67. The number of rotatable bonds is 4. The van der Waals surface area contributed by atoms with Gasteiger partial charge in [-0.25, -0.2) is 0 Å². The van der Waals surface area contributed by atoms with Crippen LogP contribution in [0.2, 0.25) is 0 Å². The molecule has 0 aromatic heterocycles. The molecule has 0 spiro atoms. The van der Waals surface area contributed by atoms with Gasteiger partial charge in [0.15, 0.2) is 5.78 Å². The van der Waals surface area contributed by atoms with Gasteiger partial charge in [0, 0.05) is 17.9 Å². The first-order valence-electron chi connectivity index (χ1n) is 6.86. The number of hydrogen-bond acceptors (Lipinski definition) is 2. The average Bonchev–Trinajstić information content (AvgIpc) is 2.95. The molecule has 2 aliphatic rings. The van der Waals surface area contributed by atoms with E-state index < -0.39 is 0 Å². The predicted octanol–water partition coefficient (Wildman–Crippen LogP) is 3.39. The highest BCUT2D eigenvalue weighted by Gasteiger charge is 2.41. The fraction of sp³-hybridized carbons (Fsp3) is 0.353. The van der Waals surface area contributed by atoms with E-state index in [1.807, 2.05) is 36.4 Å². The Labute approximate surface area is 113 Å². The van der Waals surface area contributed by atoms with Crippen molar-refractivity contribution in [1.29, 1.82) is 0 Å². The molecule has 1 fully saturated rings. The van der Waals surface area contributed by atoms with Crippen LogP contribution in [0.1, 0.15) is 24.8 Å². The number of ether oxygens (including phenoxy) is 1. The van der Waals surface area contributed by atoms with Crippen molar-refractivity contribution in [2.24, 2.45) is 5.92 Å². The lowest BCUT2D eigenvalue weighted by atomic mass is 9.94. The van der Waals surface area contributed by atoms with Gasteiger partial charge in [-0.3, -0.25) is 4.79 Å². The maximum atomic E-state index is 12.3. The number of carbonyl (C=O) groups is 1. The topological polar surface area (TPSA) is 26.3 Å².